The summed E-state index contributed by atoms with van der Waals surface area (Å²) in [6, 6.07) is -0.871. The number of amides is 2. The summed E-state index contributed by atoms with van der Waals surface area (Å²) < 4.78 is 5.18. The van der Waals surface area contributed by atoms with Crippen molar-refractivity contribution >= 4 is 12.0 Å². The summed E-state index contributed by atoms with van der Waals surface area (Å²) in [5.74, 6) is 0.862. The Morgan fingerprint density at radius 2 is 2.26 bits per heavy atom. The Bertz CT molecular complexity index is 377. The van der Waals surface area contributed by atoms with E-state index in [2.05, 4.69) is 11.2 Å². The van der Waals surface area contributed by atoms with E-state index in [0.717, 1.165) is 0 Å². The van der Waals surface area contributed by atoms with Crippen LogP contribution in [0.5, 0.6) is 0 Å². The molecule has 3 atom stereocenters. The molecule has 1 saturated heterocycles. The molecule has 1 aliphatic rings. The van der Waals surface area contributed by atoms with E-state index in [0.29, 0.717) is 13.0 Å². The third-order valence-electron chi connectivity index (χ3n) is 3.16. The first-order valence-electron chi connectivity index (χ1n) is 6.32. The minimum absolute atomic E-state index is 0.142. The third-order valence-corrected chi connectivity index (χ3v) is 3.16. The Labute approximate surface area is 113 Å². The average molecular weight is 268 g/mol. The van der Waals surface area contributed by atoms with Crippen molar-refractivity contribution in [3.8, 4) is 12.3 Å². The van der Waals surface area contributed by atoms with Gasteiger partial charge in [0.05, 0.1) is 19.3 Å². The number of urea groups is 1. The molecule has 0 aromatic heterocycles. The summed E-state index contributed by atoms with van der Waals surface area (Å²) >= 11 is 0. The predicted octanol–water partition coefficient (Wildman–Crippen LogP) is 0.529. The quantitative estimate of drug-likeness (QED) is 0.713. The molecule has 1 rings (SSSR count). The highest BCUT2D eigenvalue weighted by molar-refractivity contribution is 5.77. The Kier molecular flexibility index (Phi) is 5.64. The second-order valence-corrected chi connectivity index (χ2v) is 4.59. The van der Waals surface area contributed by atoms with Gasteiger partial charge in [-0.2, -0.15) is 0 Å². The molecule has 106 valence electrons. The number of nitrogens with zero attached hydrogens (tertiary/aromatic N) is 1. The summed E-state index contributed by atoms with van der Waals surface area (Å²) in [6.07, 6.45) is 5.62. The molecule has 0 aromatic carbocycles. The van der Waals surface area contributed by atoms with Gasteiger partial charge in [-0.25, -0.2) is 4.79 Å². The molecule has 2 N–H and O–H groups in total. The van der Waals surface area contributed by atoms with Crippen molar-refractivity contribution in [3.63, 3.8) is 0 Å². The van der Waals surface area contributed by atoms with E-state index in [1.807, 2.05) is 13.8 Å². The maximum atomic E-state index is 12.1. The average Bonchev–Trinajstić information content (AvgIpc) is 2.79. The molecule has 0 radical (unpaired) electrons. The van der Waals surface area contributed by atoms with Crippen molar-refractivity contribution in [2.45, 2.75) is 32.4 Å². The van der Waals surface area contributed by atoms with Gasteiger partial charge in [-0.1, -0.05) is 0 Å². The first-order valence-corrected chi connectivity index (χ1v) is 6.32. The molecule has 0 bridgehead atoms. The Morgan fingerprint density at radius 1 is 1.58 bits per heavy atom. The van der Waals surface area contributed by atoms with Crippen LogP contribution in [0.1, 0.15) is 20.3 Å². The zero-order valence-corrected chi connectivity index (χ0v) is 11.3. The SMILES string of the molecule is C#CCC(C)NC(=O)N(CC)C1COCC1C(=O)O. The number of ether oxygens (including phenoxy) is 1. The van der Waals surface area contributed by atoms with E-state index < -0.39 is 17.9 Å². The van der Waals surface area contributed by atoms with E-state index in [1.165, 1.54) is 4.90 Å². The second-order valence-electron chi connectivity index (χ2n) is 4.59. The predicted molar refractivity (Wildman–Crippen MR) is 69.6 cm³/mol. The van der Waals surface area contributed by atoms with Crippen LogP contribution in [0, 0.1) is 18.3 Å². The van der Waals surface area contributed by atoms with Crippen LogP contribution in [0.4, 0.5) is 4.79 Å². The lowest BCUT2D eigenvalue weighted by molar-refractivity contribution is -0.142. The standard InChI is InChI=1S/C13H20N2O4/c1-4-6-9(3)14-13(18)15(5-2)11-8-19-7-10(11)12(16)17/h1,9-11H,5-8H2,2-3H3,(H,14,18)(H,16,17). The number of carbonyl (C=O) groups is 2. The van der Waals surface area contributed by atoms with E-state index in [1.54, 1.807) is 0 Å². The van der Waals surface area contributed by atoms with E-state index in [4.69, 9.17) is 16.3 Å². The van der Waals surface area contributed by atoms with Gasteiger partial charge in [0.25, 0.3) is 0 Å². The van der Waals surface area contributed by atoms with Crippen LogP contribution in [-0.2, 0) is 9.53 Å². The smallest absolute Gasteiger partial charge is 0.317 e. The molecule has 2 amide bonds. The van der Waals surface area contributed by atoms with Gasteiger partial charge in [-0.3, -0.25) is 4.79 Å². The van der Waals surface area contributed by atoms with Crippen LogP contribution in [-0.4, -0.2) is 53.8 Å². The van der Waals surface area contributed by atoms with Gasteiger partial charge in [0.1, 0.15) is 5.92 Å². The van der Waals surface area contributed by atoms with Crippen molar-refractivity contribution in [2.75, 3.05) is 19.8 Å². The van der Waals surface area contributed by atoms with Gasteiger partial charge in [0.2, 0.25) is 0 Å². The number of hydrogen-bond donors (Lipinski definition) is 2. The number of carboxylic acid groups (broad SMARTS) is 1. The van der Waals surface area contributed by atoms with Gasteiger partial charge < -0.3 is 20.1 Å². The zero-order valence-electron chi connectivity index (χ0n) is 11.3. The fourth-order valence-corrected chi connectivity index (χ4v) is 2.14. The van der Waals surface area contributed by atoms with Crippen LogP contribution >= 0.6 is 0 Å². The first kappa shape index (κ1) is 15.3. The molecule has 1 fully saturated rings. The minimum atomic E-state index is -0.939. The fourth-order valence-electron chi connectivity index (χ4n) is 2.14. The Balaban J connectivity index is 2.69. The Hall–Kier alpha value is -1.74. The first-order chi connectivity index (χ1) is 9.01. The molecule has 0 spiro atoms. The molecular weight excluding hydrogens is 248 g/mol. The third kappa shape index (κ3) is 3.86. The fraction of sp³-hybridized carbons (Fsp3) is 0.692. The maximum Gasteiger partial charge on any atom is 0.317 e. The molecule has 0 saturated carbocycles. The minimum Gasteiger partial charge on any atom is -0.481 e. The van der Waals surface area contributed by atoms with Crippen molar-refractivity contribution in [1.29, 1.82) is 0 Å². The summed E-state index contributed by atoms with van der Waals surface area (Å²) in [6.45, 7) is 4.44. The molecule has 1 heterocycles. The van der Waals surface area contributed by atoms with Crippen LogP contribution in [0.25, 0.3) is 0 Å². The largest absolute Gasteiger partial charge is 0.481 e. The van der Waals surface area contributed by atoms with E-state index >= 15 is 0 Å². The number of likely N-dealkylation sites (N-methyl/N-ethyl adjacent to an activating group) is 1. The lowest BCUT2D eigenvalue weighted by atomic mass is 10.0. The lowest BCUT2D eigenvalue weighted by Crippen LogP contribution is -2.52. The molecule has 19 heavy (non-hydrogen) atoms. The van der Waals surface area contributed by atoms with Crippen LogP contribution in [0.2, 0.25) is 0 Å². The van der Waals surface area contributed by atoms with Gasteiger partial charge in [-0.15, -0.1) is 12.3 Å². The normalized spacial score (nSPS) is 23.4. The second kappa shape index (κ2) is 7.00. The number of rotatable bonds is 5. The van der Waals surface area contributed by atoms with Crippen LogP contribution < -0.4 is 5.32 Å². The highest BCUT2D eigenvalue weighted by Crippen LogP contribution is 2.20. The summed E-state index contributed by atoms with van der Waals surface area (Å²) in [5.41, 5.74) is 0. The molecule has 3 unspecified atom stereocenters. The maximum absolute atomic E-state index is 12.1. The summed E-state index contributed by atoms with van der Waals surface area (Å²) in [7, 11) is 0. The van der Waals surface area contributed by atoms with Gasteiger partial charge in [0, 0.05) is 19.0 Å². The van der Waals surface area contributed by atoms with Gasteiger partial charge in [-0.05, 0) is 13.8 Å². The number of carboxylic acids is 1. The number of aliphatic carboxylic acids is 1. The van der Waals surface area contributed by atoms with Crippen molar-refractivity contribution in [3.05, 3.63) is 0 Å². The topological polar surface area (TPSA) is 78.9 Å². The molecule has 0 aliphatic carbocycles. The van der Waals surface area contributed by atoms with Crippen molar-refractivity contribution < 1.29 is 19.4 Å². The number of carbonyl (C=O) groups excluding carboxylic acids is 1. The molecule has 1 aliphatic heterocycles. The molecule has 6 heteroatoms. The van der Waals surface area contributed by atoms with Gasteiger partial charge >= 0.3 is 12.0 Å². The number of hydrogen-bond acceptors (Lipinski definition) is 3. The number of terminal acetylenes is 1. The number of nitrogens with one attached hydrogen (secondary N) is 1. The van der Waals surface area contributed by atoms with E-state index in [9.17, 15) is 9.59 Å². The Morgan fingerprint density at radius 3 is 2.79 bits per heavy atom. The summed E-state index contributed by atoms with van der Waals surface area (Å²) in [5, 5.41) is 11.9. The molecule has 0 aromatic rings. The highest BCUT2D eigenvalue weighted by Gasteiger charge is 2.39. The highest BCUT2D eigenvalue weighted by atomic mass is 16.5. The monoisotopic (exact) mass is 268 g/mol. The van der Waals surface area contributed by atoms with Crippen molar-refractivity contribution in [2.24, 2.45) is 5.92 Å². The van der Waals surface area contributed by atoms with Crippen LogP contribution in [0.3, 0.4) is 0 Å². The lowest BCUT2D eigenvalue weighted by Gasteiger charge is -2.30. The van der Waals surface area contributed by atoms with Gasteiger partial charge in [0.15, 0.2) is 0 Å². The van der Waals surface area contributed by atoms with Crippen molar-refractivity contribution in [1.82, 2.24) is 10.2 Å². The summed E-state index contributed by atoms with van der Waals surface area (Å²) in [4.78, 5) is 24.7. The van der Waals surface area contributed by atoms with E-state index in [-0.39, 0.29) is 25.3 Å². The molecule has 6 nitrogen and oxygen atoms in total. The molecular formula is C13H20N2O4. The van der Waals surface area contributed by atoms with Crippen LogP contribution in [0.15, 0.2) is 0 Å². The zero-order chi connectivity index (χ0) is 14.4.